The maximum atomic E-state index is 11.0. The minimum Gasteiger partial charge on any atom is -0.383 e. The van der Waals surface area contributed by atoms with Gasteiger partial charge in [0.1, 0.15) is 0 Å². The van der Waals surface area contributed by atoms with E-state index < -0.39 is 0 Å². The summed E-state index contributed by atoms with van der Waals surface area (Å²) in [5.74, 6) is 0.0994. The van der Waals surface area contributed by atoms with Crippen LogP contribution < -0.4 is 10.6 Å². The van der Waals surface area contributed by atoms with Gasteiger partial charge in [-0.05, 0) is 20.0 Å². The van der Waals surface area contributed by atoms with Crippen LogP contribution in [0.25, 0.3) is 0 Å². The van der Waals surface area contributed by atoms with E-state index in [1.807, 2.05) is 7.05 Å². The zero-order valence-electron chi connectivity index (χ0n) is 7.85. The summed E-state index contributed by atoms with van der Waals surface area (Å²) in [5.41, 5.74) is 0. The number of carbonyl (C=O) groups is 1. The molecular formula is C8H18N2O2. The van der Waals surface area contributed by atoms with E-state index in [1.165, 1.54) is 0 Å². The highest BCUT2D eigenvalue weighted by Crippen LogP contribution is 1.85. The highest BCUT2D eigenvalue weighted by Gasteiger charge is 1.98. The van der Waals surface area contributed by atoms with Crippen LogP contribution in [0.15, 0.2) is 0 Å². The number of hydrogen-bond donors (Lipinski definition) is 2. The topological polar surface area (TPSA) is 50.4 Å². The van der Waals surface area contributed by atoms with Crippen molar-refractivity contribution in [3.63, 3.8) is 0 Å². The van der Waals surface area contributed by atoms with Crippen molar-refractivity contribution in [3.8, 4) is 0 Å². The third kappa shape index (κ3) is 7.50. The molecular weight excluding hydrogens is 156 g/mol. The Balaban J connectivity index is 3.10. The first-order chi connectivity index (χ1) is 5.81. The smallest absolute Gasteiger partial charge is 0.220 e. The molecule has 2 N–H and O–H groups in total. The molecule has 0 spiro atoms. The second kappa shape index (κ2) is 8.49. The summed E-state index contributed by atoms with van der Waals surface area (Å²) in [6.45, 7) is 2.07. The van der Waals surface area contributed by atoms with Crippen molar-refractivity contribution in [1.29, 1.82) is 0 Å². The van der Waals surface area contributed by atoms with Crippen LogP contribution in [0, 0.1) is 0 Å². The second-order valence-corrected chi connectivity index (χ2v) is 2.55. The third-order valence-corrected chi connectivity index (χ3v) is 1.46. The predicted octanol–water partition coefficient (Wildman–Crippen LogP) is -0.251. The van der Waals surface area contributed by atoms with Crippen molar-refractivity contribution < 1.29 is 9.53 Å². The average Bonchev–Trinajstić information content (AvgIpc) is 2.06. The quantitative estimate of drug-likeness (QED) is 0.523. The first kappa shape index (κ1) is 11.4. The first-order valence-electron chi connectivity index (χ1n) is 4.21. The molecule has 4 heteroatoms. The van der Waals surface area contributed by atoms with E-state index in [0.29, 0.717) is 19.6 Å². The molecule has 0 aromatic carbocycles. The van der Waals surface area contributed by atoms with E-state index in [9.17, 15) is 4.79 Å². The summed E-state index contributed by atoms with van der Waals surface area (Å²) in [6, 6.07) is 0. The van der Waals surface area contributed by atoms with Gasteiger partial charge in [0.25, 0.3) is 0 Å². The Kier molecular flexibility index (Phi) is 8.05. The summed E-state index contributed by atoms with van der Waals surface area (Å²) < 4.78 is 4.79. The zero-order chi connectivity index (χ0) is 9.23. The Morgan fingerprint density at radius 3 is 2.75 bits per heavy atom. The van der Waals surface area contributed by atoms with Crippen molar-refractivity contribution >= 4 is 5.91 Å². The maximum absolute atomic E-state index is 11.0. The summed E-state index contributed by atoms with van der Waals surface area (Å²) >= 11 is 0. The van der Waals surface area contributed by atoms with Crippen LogP contribution in [0.2, 0.25) is 0 Å². The van der Waals surface area contributed by atoms with Gasteiger partial charge in [-0.1, -0.05) is 0 Å². The van der Waals surface area contributed by atoms with Crippen molar-refractivity contribution in [1.82, 2.24) is 10.6 Å². The Hall–Kier alpha value is -0.610. The van der Waals surface area contributed by atoms with Crippen molar-refractivity contribution in [2.45, 2.75) is 12.8 Å². The van der Waals surface area contributed by atoms with Crippen LogP contribution in [-0.4, -0.2) is 39.8 Å². The molecule has 72 valence electrons. The molecule has 4 nitrogen and oxygen atoms in total. The third-order valence-electron chi connectivity index (χ3n) is 1.46. The predicted molar refractivity (Wildman–Crippen MR) is 48.0 cm³/mol. The molecule has 0 aliphatic heterocycles. The fraction of sp³-hybridized carbons (Fsp3) is 0.875. The minimum atomic E-state index is 0.0994. The molecule has 1 amide bonds. The van der Waals surface area contributed by atoms with E-state index in [2.05, 4.69) is 10.6 Å². The number of ether oxygens (including phenoxy) is 1. The molecule has 0 bridgehead atoms. The standard InChI is InChI=1S/C8H18N2O2/c1-9-5-3-4-8(11)10-6-7-12-2/h9H,3-7H2,1-2H3,(H,10,11). The number of nitrogens with one attached hydrogen (secondary N) is 2. The Morgan fingerprint density at radius 1 is 1.42 bits per heavy atom. The molecule has 0 rings (SSSR count). The molecule has 12 heavy (non-hydrogen) atoms. The molecule has 0 radical (unpaired) electrons. The van der Waals surface area contributed by atoms with Gasteiger partial charge in [0.05, 0.1) is 6.61 Å². The van der Waals surface area contributed by atoms with Crippen LogP contribution in [-0.2, 0) is 9.53 Å². The second-order valence-electron chi connectivity index (χ2n) is 2.55. The lowest BCUT2D eigenvalue weighted by Gasteiger charge is -2.03. The highest BCUT2D eigenvalue weighted by molar-refractivity contribution is 5.75. The van der Waals surface area contributed by atoms with Crippen LogP contribution in [0.3, 0.4) is 0 Å². The summed E-state index contributed by atoms with van der Waals surface area (Å²) in [5, 5.41) is 5.74. The molecule has 0 fully saturated rings. The van der Waals surface area contributed by atoms with Crippen LogP contribution in [0.4, 0.5) is 0 Å². The minimum absolute atomic E-state index is 0.0994. The van der Waals surface area contributed by atoms with Crippen LogP contribution >= 0.6 is 0 Å². The number of rotatable bonds is 7. The van der Waals surface area contributed by atoms with Gasteiger partial charge in [-0.25, -0.2) is 0 Å². The molecule has 0 saturated heterocycles. The molecule has 0 heterocycles. The Morgan fingerprint density at radius 2 is 2.17 bits per heavy atom. The molecule has 0 unspecified atom stereocenters. The average molecular weight is 174 g/mol. The van der Waals surface area contributed by atoms with E-state index in [-0.39, 0.29) is 5.91 Å². The van der Waals surface area contributed by atoms with Gasteiger partial charge in [0.15, 0.2) is 0 Å². The maximum Gasteiger partial charge on any atom is 0.220 e. The Labute approximate surface area is 73.7 Å². The van der Waals surface area contributed by atoms with Gasteiger partial charge in [-0.15, -0.1) is 0 Å². The van der Waals surface area contributed by atoms with Crippen LogP contribution in [0.5, 0.6) is 0 Å². The molecule has 0 aromatic heterocycles. The van der Waals surface area contributed by atoms with E-state index >= 15 is 0 Å². The first-order valence-corrected chi connectivity index (χ1v) is 4.21. The summed E-state index contributed by atoms with van der Waals surface area (Å²) in [4.78, 5) is 11.0. The molecule has 0 saturated carbocycles. The summed E-state index contributed by atoms with van der Waals surface area (Å²) in [7, 11) is 3.50. The van der Waals surface area contributed by atoms with Crippen molar-refractivity contribution in [3.05, 3.63) is 0 Å². The van der Waals surface area contributed by atoms with Gasteiger partial charge >= 0.3 is 0 Å². The lowest BCUT2D eigenvalue weighted by atomic mass is 10.3. The van der Waals surface area contributed by atoms with Gasteiger partial charge in [-0.3, -0.25) is 4.79 Å². The number of hydrogen-bond acceptors (Lipinski definition) is 3. The molecule has 0 aliphatic rings. The Bertz CT molecular complexity index is 106. The molecule has 0 aromatic rings. The normalized spacial score (nSPS) is 9.83. The van der Waals surface area contributed by atoms with E-state index in [1.54, 1.807) is 7.11 Å². The van der Waals surface area contributed by atoms with Gasteiger partial charge in [0.2, 0.25) is 5.91 Å². The van der Waals surface area contributed by atoms with Gasteiger partial charge < -0.3 is 15.4 Å². The number of methoxy groups -OCH3 is 1. The fourth-order valence-electron chi connectivity index (χ4n) is 0.807. The molecule has 0 atom stereocenters. The van der Waals surface area contributed by atoms with Crippen molar-refractivity contribution in [2.24, 2.45) is 0 Å². The van der Waals surface area contributed by atoms with E-state index in [0.717, 1.165) is 13.0 Å². The fourth-order valence-corrected chi connectivity index (χ4v) is 0.807. The number of amides is 1. The molecule has 0 aliphatic carbocycles. The van der Waals surface area contributed by atoms with Gasteiger partial charge in [0, 0.05) is 20.1 Å². The lowest BCUT2D eigenvalue weighted by Crippen LogP contribution is -2.27. The van der Waals surface area contributed by atoms with Gasteiger partial charge in [-0.2, -0.15) is 0 Å². The zero-order valence-corrected chi connectivity index (χ0v) is 7.85. The monoisotopic (exact) mass is 174 g/mol. The highest BCUT2D eigenvalue weighted by atomic mass is 16.5. The van der Waals surface area contributed by atoms with Crippen molar-refractivity contribution in [2.75, 3.05) is 33.9 Å². The number of carbonyl (C=O) groups excluding carboxylic acids is 1. The summed E-state index contributed by atoms with van der Waals surface area (Å²) in [6.07, 6.45) is 1.47. The van der Waals surface area contributed by atoms with Crippen LogP contribution in [0.1, 0.15) is 12.8 Å². The largest absolute Gasteiger partial charge is 0.383 e. The van der Waals surface area contributed by atoms with E-state index in [4.69, 9.17) is 4.74 Å². The SMILES string of the molecule is CNCCCC(=O)NCCOC. The lowest BCUT2D eigenvalue weighted by molar-refractivity contribution is -0.121.